The molecule has 2 N–H and O–H groups in total. The van der Waals surface area contributed by atoms with E-state index in [4.69, 9.17) is 10.6 Å². The zero-order valence-electron chi connectivity index (χ0n) is 10.8. The van der Waals surface area contributed by atoms with Gasteiger partial charge in [0.1, 0.15) is 5.60 Å². The Labute approximate surface area is 102 Å². The Morgan fingerprint density at radius 2 is 2.12 bits per heavy atom. The van der Waals surface area contributed by atoms with Crippen molar-refractivity contribution >= 4 is 6.09 Å². The third-order valence-corrected chi connectivity index (χ3v) is 2.53. The number of rotatable bonds is 1. The smallest absolute Gasteiger partial charge is 0.410 e. The minimum Gasteiger partial charge on any atom is -0.444 e. The van der Waals surface area contributed by atoms with Crippen molar-refractivity contribution in [2.75, 3.05) is 13.1 Å². The van der Waals surface area contributed by atoms with Crippen LogP contribution >= 0.6 is 0 Å². The van der Waals surface area contributed by atoms with Crippen molar-refractivity contribution < 1.29 is 9.53 Å². The van der Waals surface area contributed by atoms with Crippen LogP contribution in [-0.2, 0) is 4.74 Å². The Morgan fingerprint density at radius 3 is 2.71 bits per heavy atom. The van der Waals surface area contributed by atoms with Gasteiger partial charge in [0.05, 0.1) is 6.04 Å². The van der Waals surface area contributed by atoms with Crippen LogP contribution in [0.3, 0.4) is 0 Å². The maximum Gasteiger partial charge on any atom is 0.410 e. The molecule has 1 unspecified atom stereocenters. The standard InChI is InChI=1S/C11H22N4O2/c1-11(2,3)17-10(16)15-7-5-4-6-9(8-15)13-14-12/h9H,4-8H2,1-3H3,(H2,12,13). The van der Waals surface area contributed by atoms with Crippen LogP contribution in [0, 0.1) is 0 Å². The molecule has 1 amide bonds. The number of carbonyl (C=O) groups excluding carboxylic acids is 1. The zero-order valence-corrected chi connectivity index (χ0v) is 10.8. The van der Waals surface area contributed by atoms with Crippen LogP contribution in [0.2, 0.25) is 0 Å². The fraction of sp³-hybridized carbons (Fsp3) is 0.909. The largest absolute Gasteiger partial charge is 0.444 e. The summed E-state index contributed by atoms with van der Waals surface area (Å²) < 4.78 is 5.34. The molecule has 1 saturated heterocycles. The number of hydrogen-bond donors (Lipinski definition) is 1. The second-order valence-electron chi connectivity index (χ2n) is 5.31. The van der Waals surface area contributed by atoms with Crippen molar-refractivity contribution in [3.05, 3.63) is 0 Å². The molecule has 0 aromatic heterocycles. The van der Waals surface area contributed by atoms with E-state index >= 15 is 0 Å². The van der Waals surface area contributed by atoms with Gasteiger partial charge >= 0.3 is 6.09 Å². The maximum absolute atomic E-state index is 11.9. The Hall–Kier alpha value is -1.33. The van der Waals surface area contributed by atoms with Gasteiger partial charge in [-0.25, -0.2) is 4.79 Å². The Bertz CT molecular complexity index is 286. The molecular formula is C11H22N4O2. The quantitative estimate of drug-likeness (QED) is 0.434. The molecule has 6 heteroatoms. The summed E-state index contributed by atoms with van der Waals surface area (Å²) in [6.45, 7) is 6.83. The molecule has 1 aliphatic rings. The average Bonchev–Trinajstić information content (AvgIpc) is 2.41. The van der Waals surface area contributed by atoms with Gasteiger partial charge in [-0.05, 0) is 40.0 Å². The van der Waals surface area contributed by atoms with E-state index in [1.807, 2.05) is 20.8 Å². The van der Waals surface area contributed by atoms with E-state index < -0.39 is 5.60 Å². The van der Waals surface area contributed by atoms with Crippen molar-refractivity contribution in [1.82, 2.24) is 4.90 Å². The molecule has 98 valence electrons. The van der Waals surface area contributed by atoms with E-state index in [0.29, 0.717) is 13.1 Å². The van der Waals surface area contributed by atoms with Crippen molar-refractivity contribution in [2.24, 2.45) is 16.2 Å². The van der Waals surface area contributed by atoms with Crippen molar-refractivity contribution in [3.8, 4) is 0 Å². The van der Waals surface area contributed by atoms with Crippen LogP contribution in [0.4, 0.5) is 4.79 Å². The van der Waals surface area contributed by atoms with Crippen molar-refractivity contribution in [1.29, 1.82) is 0 Å². The average molecular weight is 242 g/mol. The summed E-state index contributed by atoms with van der Waals surface area (Å²) in [5, 5.41) is 7.24. The summed E-state index contributed by atoms with van der Waals surface area (Å²) in [5.41, 5.74) is -0.464. The van der Waals surface area contributed by atoms with E-state index in [1.165, 1.54) is 0 Å². The van der Waals surface area contributed by atoms with Crippen molar-refractivity contribution in [3.63, 3.8) is 0 Å². The Morgan fingerprint density at radius 1 is 1.41 bits per heavy atom. The molecule has 0 saturated carbocycles. The maximum atomic E-state index is 11.9. The lowest BCUT2D eigenvalue weighted by Crippen LogP contribution is -2.39. The van der Waals surface area contributed by atoms with Gasteiger partial charge in [-0.3, -0.25) is 0 Å². The predicted molar refractivity (Wildman–Crippen MR) is 64.5 cm³/mol. The molecule has 1 heterocycles. The second kappa shape index (κ2) is 5.84. The lowest BCUT2D eigenvalue weighted by Gasteiger charge is -2.27. The number of nitrogens with zero attached hydrogens (tertiary/aromatic N) is 3. The van der Waals surface area contributed by atoms with Gasteiger partial charge in [0.2, 0.25) is 0 Å². The molecule has 0 aromatic rings. The highest BCUT2D eigenvalue weighted by Crippen LogP contribution is 2.17. The molecule has 0 spiro atoms. The first-order chi connectivity index (χ1) is 7.92. The van der Waals surface area contributed by atoms with Gasteiger partial charge in [0, 0.05) is 13.1 Å². The normalized spacial score (nSPS) is 22.5. The van der Waals surface area contributed by atoms with Gasteiger partial charge < -0.3 is 15.5 Å². The molecular weight excluding hydrogens is 220 g/mol. The third kappa shape index (κ3) is 5.01. The molecule has 0 radical (unpaired) electrons. The second-order valence-corrected chi connectivity index (χ2v) is 5.31. The number of amides is 1. The first-order valence-electron chi connectivity index (χ1n) is 6.00. The first kappa shape index (κ1) is 13.7. The lowest BCUT2D eigenvalue weighted by molar-refractivity contribution is 0.0249. The van der Waals surface area contributed by atoms with Gasteiger partial charge in [0.25, 0.3) is 0 Å². The fourth-order valence-corrected chi connectivity index (χ4v) is 1.80. The van der Waals surface area contributed by atoms with Gasteiger partial charge in [-0.15, -0.1) is 0 Å². The summed E-state index contributed by atoms with van der Waals surface area (Å²) in [4.78, 5) is 13.6. The molecule has 1 atom stereocenters. The highest BCUT2D eigenvalue weighted by molar-refractivity contribution is 5.68. The minimum atomic E-state index is -0.464. The van der Waals surface area contributed by atoms with Crippen LogP contribution < -0.4 is 5.84 Å². The summed E-state index contributed by atoms with van der Waals surface area (Å²) in [6, 6.07) is -0.00461. The molecule has 1 aliphatic heterocycles. The van der Waals surface area contributed by atoms with Crippen LogP contribution in [0.25, 0.3) is 0 Å². The molecule has 0 aliphatic carbocycles. The van der Waals surface area contributed by atoms with E-state index in [1.54, 1.807) is 4.90 Å². The van der Waals surface area contributed by atoms with Crippen LogP contribution in [0.5, 0.6) is 0 Å². The molecule has 0 aromatic carbocycles. The monoisotopic (exact) mass is 242 g/mol. The van der Waals surface area contributed by atoms with Crippen LogP contribution in [0.15, 0.2) is 10.3 Å². The number of hydrogen-bond acceptors (Lipinski definition) is 4. The minimum absolute atomic E-state index is 0.00461. The van der Waals surface area contributed by atoms with Gasteiger partial charge in [-0.1, -0.05) is 5.22 Å². The first-order valence-corrected chi connectivity index (χ1v) is 6.00. The summed E-state index contributed by atoms with van der Waals surface area (Å²) in [6.07, 6.45) is 2.63. The van der Waals surface area contributed by atoms with E-state index in [2.05, 4.69) is 10.3 Å². The summed E-state index contributed by atoms with van der Waals surface area (Å²) in [5.74, 6) is 5.06. The van der Waals surface area contributed by atoms with Crippen LogP contribution in [0.1, 0.15) is 40.0 Å². The van der Waals surface area contributed by atoms with E-state index in [9.17, 15) is 4.79 Å². The molecule has 17 heavy (non-hydrogen) atoms. The SMILES string of the molecule is CC(C)(C)OC(=O)N1CCCCC(N=NN)C1. The molecule has 1 rings (SSSR count). The Kier molecular flexibility index (Phi) is 4.72. The predicted octanol–water partition coefficient (Wildman–Crippen LogP) is 2.10. The Balaban J connectivity index is 2.59. The number of likely N-dealkylation sites (tertiary alicyclic amines) is 1. The fourth-order valence-electron chi connectivity index (χ4n) is 1.80. The molecule has 0 bridgehead atoms. The number of ether oxygens (including phenoxy) is 1. The number of nitrogens with two attached hydrogens (primary N) is 1. The highest BCUT2D eigenvalue weighted by Gasteiger charge is 2.26. The van der Waals surface area contributed by atoms with E-state index in [0.717, 1.165) is 19.3 Å². The lowest BCUT2D eigenvalue weighted by atomic mass is 10.1. The van der Waals surface area contributed by atoms with Gasteiger partial charge in [0.15, 0.2) is 0 Å². The summed E-state index contributed by atoms with van der Waals surface area (Å²) in [7, 11) is 0. The zero-order chi connectivity index (χ0) is 12.9. The molecule has 1 fully saturated rings. The van der Waals surface area contributed by atoms with Crippen molar-refractivity contribution in [2.45, 2.75) is 51.7 Å². The summed E-state index contributed by atoms with van der Waals surface area (Å²) >= 11 is 0. The van der Waals surface area contributed by atoms with Crippen LogP contribution in [-0.4, -0.2) is 35.7 Å². The number of carbonyl (C=O) groups is 1. The van der Waals surface area contributed by atoms with Gasteiger partial charge in [-0.2, -0.15) is 5.11 Å². The topological polar surface area (TPSA) is 80.3 Å². The molecule has 6 nitrogen and oxygen atoms in total. The third-order valence-electron chi connectivity index (χ3n) is 2.53. The highest BCUT2D eigenvalue weighted by atomic mass is 16.6. The van der Waals surface area contributed by atoms with E-state index in [-0.39, 0.29) is 12.1 Å².